The van der Waals surface area contributed by atoms with Gasteiger partial charge < -0.3 is 5.73 Å². The fraction of sp³-hybridized carbons (Fsp3) is 1.00. The van der Waals surface area contributed by atoms with Crippen molar-refractivity contribution in [2.75, 3.05) is 0 Å². The van der Waals surface area contributed by atoms with Crippen LogP contribution in [0.5, 0.6) is 0 Å². The summed E-state index contributed by atoms with van der Waals surface area (Å²) in [5.41, 5.74) is 5.11. The molecule has 0 unspecified atom stereocenters. The third-order valence-electron chi connectivity index (χ3n) is 0. The molecule has 0 aromatic carbocycles. The topological polar surface area (TPSA) is 26.0 Å². The van der Waals surface area contributed by atoms with Gasteiger partial charge in [0.2, 0.25) is 0 Å². The molecule has 0 aliphatic carbocycles. The summed E-state index contributed by atoms with van der Waals surface area (Å²) < 4.78 is 0. The molecule has 0 aliphatic rings. The number of nitrogens with two attached hydrogens (primary N) is 1. The van der Waals surface area contributed by atoms with Gasteiger partial charge in [0, 0.05) is 22.4 Å². The van der Waals surface area contributed by atoms with Crippen molar-refractivity contribution in [2.24, 2.45) is 5.73 Å². The fourth-order valence-electron chi connectivity index (χ4n) is 0. The Hall–Kier alpha value is 0.700. The smallest absolute Gasteiger partial charge is 0 e. The van der Waals surface area contributed by atoms with E-state index < -0.39 is 0 Å². The Kier molecular flexibility index (Phi) is 8.65. The van der Waals surface area contributed by atoms with Crippen molar-refractivity contribution >= 4 is 0 Å². The Balaban J connectivity index is 0. The van der Waals surface area contributed by atoms with Gasteiger partial charge in [0.05, 0.1) is 0 Å². The van der Waals surface area contributed by atoms with Crippen LogP contribution in [-0.2, 0) is 22.4 Å². The molecule has 1 radical (unpaired) electrons. The Morgan fingerprint density at radius 3 is 1.40 bits per heavy atom. The fourth-order valence-corrected chi connectivity index (χ4v) is 0. The Morgan fingerprint density at radius 2 is 1.40 bits per heavy atom. The molecular formula is C3H9AgN. The predicted octanol–water partition coefficient (Wildman–Crippen LogP) is 0.351. The van der Waals surface area contributed by atoms with Gasteiger partial charge in [-0.2, -0.15) is 0 Å². The van der Waals surface area contributed by atoms with Gasteiger partial charge in [0.15, 0.2) is 0 Å². The van der Waals surface area contributed by atoms with Crippen molar-refractivity contribution in [3.63, 3.8) is 0 Å². The molecule has 0 bridgehead atoms. The average Bonchev–Trinajstić information content (AvgIpc) is 0.811. The molecule has 0 amide bonds. The van der Waals surface area contributed by atoms with Crippen molar-refractivity contribution in [3.8, 4) is 0 Å². The molecule has 1 nitrogen and oxygen atoms in total. The molecule has 0 rings (SSSR count). The number of hydrogen-bond donors (Lipinski definition) is 1. The van der Waals surface area contributed by atoms with Crippen LogP contribution in [0.2, 0.25) is 0 Å². The van der Waals surface area contributed by atoms with E-state index in [1.807, 2.05) is 13.8 Å². The van der Waals surface area contributed by atoms with Crippen LogP contribution in [0.3, 0.4) is 0 Å². The zero-order valence-corrected chi connectivity index (χ0v) is 4.94. The third-order valence-corrected chi connectivity index (χ3v) is 0. The normalized spacial score (nSPS) is 7.20. The summed E-state index contributed by atoms with van der Waals surface area (Å²) in [6.45, 7) is 3.89. The van der Waals surface area contributed by atoms with Crippen LogP contribution < -0.4 is 5.73 Å². The van der Waals surface area contributed by atoms with E-state index in [1.54, 1.807) is 0 Å². The van der Waals surface area contributed by atoms with Crippen LogP contribution in [0, 0.1) is 0 Å². The molecule has 0 saturated carbocycles. The molecule has 2 N–H and O–H groups in total. The molecule has 0 spiro atoms. The second-order valence-corrected chi connectivity index (χ2v) is 1.24. The van der Waals surface area contributed by atoms with Crippen LogP contribution in [0.15, 0.2) is 0 Å². The van der Waals surface area contributed by atoms with E-state index in [0.717, 1.165) is 0 Å². The van der Waals surface area contributed by atoms with Gasteiger partial charge in [0.25, 0.3) is 0 Å². The van der Waals surface area contributed by atoms with E-state index in [-0.39, 0.29) is 22.4 Å². The van der Waals surface area contributed by atoms with Crippen LogP contribution in [0.1, 0.15) is 13.8 Å². The minimum atomic E-state index is 0. The molecule has 2 heteroatoms. The molecule has 0 saturated heterocycles. The van der Waals surface area contributed by atoms with Gasteiger partial charge in [-0.15, -0.1) is 0 Å². The van der Waals surface area contributed by atoms with Crippen molar-refractivity contribution in [1.82, 2.24) is 0 Å². The Morgan fingerprint density at radius 1 is 1.40 bits per heavy atom. The van der Waals surface area contributed by atoms with Gasteiger partial charge in [0.1, 0.15) is 0 Å². The van der Waals surface area contributed by atoms with Gasteiger partial charge in [-0.3, -0.25) is 0 Å². The van der Waals surface area contributed by atoms with E-state index in [1.165, 1.54) is 0 Å². The van der Waals surface area contributed by atoms with Gasteiger partial charge in [-0.1, -0.05) is 13.8 Å². The molecule has 0 heterocycles. The molecule has 5 heavy (non-hydrogen) atoms. The van der Waals surface area contributed by atoms with E-state index in [0.29, 0.717) is 6.04 Å². The van der Waals surface area contributed by atoms with E-state index in [9.17, 15) is 0 Å². The van der Waals surface area contributed by atoms with Crippen LogP contribution >= 0.6 is 0 Å². The summed E-state index contributed by atoms with van der Waals surface area (Å²) in [6, 6.07) is 0.333. The summed E-state index contributed by atoms with van der Waals surface area (Å²) in [5.74, 6) is 0. The van der Waals surface area contributed by atoms with Gasteiger partial charge >= 0.3 is 0 Å². The molecular weight excluding hydrogens is 158 g/mol. The zero-order chi connectivity index (χ0) is 3.58. The van der Waals surface area contributed by atoms with Crippen LogP contribution in [0.4, 0.5) is 0 Å². The maximum Gasteiger partial charge on any atom is 0 e. The first kappa shape index (κ1) is 9.20. The Labute approximate surface area is 48.4 Å². The Bertz CT molecular complexity index is 11.6. The predicted molar refractivity (Wildman–Crippen MR) is 19.3 cm³/mol. The molecule has 0 aliphatic heterocycles. The minimum Gasteiger partial charge on any atom is -0.328 e. The molecule has 0 aromatic rings. The minimum absolute atomic E-state index is 0. The van der Waals surface area contributed by atoms with Crippen LogP contribution in [0.25, 0.3) is 0 Å². The quantitative estimate of drug-likeness (QED) is 0.517. The maximum absolute atomic E-state index is 5.11. The average molecular weight is 167 g/mol. The first-order valence-electron chi connectivity index (χ1n) is 1.49. The van der Waals surface area contributed by atoms with E-state index in [2.05, 4.69) is 0 Å². The van der Waals surface area contributed by atoms with Gasteiger partial charge in [-0.05, 0) is 6.04 Å². The first-order chi connectivity index (χ1) is 1.73. The van der Waals surface area contributed by atoms with E-state index in [4.69, 9.17) is 5.73 Å². The monoisotopic (exact) mass is 166 g/mol. The van der Waals surface area contributed by atoms with Crippen molar-refractivity contribution in [1.29, 1.82) is 0 Å². The van der Waals surface area contributed by atoms with E-state index >= 15 is 0 Å². The largest absolute Gasteiger partial charge is 0.328 e. The molecule has 0 atom stereocenters. The number of hydrogen-bond acceptors (Lipinski definition) is 1. The molecule has 0 fully saturated rings. The zero-order valence-electron chi connectivity index (χ0n) is 3.46. The summed E-state index contributed by atoms with van der Waals surface area (Å²) in [7, 11) is 0. The third kappa shape index (κ3) is 69.9. The standard InChI is InChI=1S/C3H9N.Ag/c1-3(2)4;/h3H,4H2,1-2H3;. The number of rotatable bonds is 0. The van der Waals surface area contributed by atoms with Crippen molar-refractivity contribution in [2.45, 2.75) is 19.9 Å². The van der Waals surface area contributed by atoms with Crippen molar-refractivity contribution in [3.05, 3.63) is 0 Å². The first-order valence-corrected chi connectivity index (χ1v) is 1.49. The molecule has 0 aromatic heterocycles. The summed E-state index contributed by atoms with van der Waals surface area (Å²) in [6.07, 6.45) is 0. The van der Waals surface area contributed by atoms with Crippen molar-refractivity contribution < 1.29 is 22.4 Å². The second kappa shape index (κ2) is 4.70. The van der Waals surface area contributed by atoms with Gasteiger partial charge in [-0.25, -0.2) is 0 Å². The maximum atomic E-state index is 5.11. The molecule has 37 valence electrons. The summed E-state index contributed by atoms with van der Waals surface area (Å²) >= 11 is 0. The second-order valence-electron chi connectivity index (χ2n) is 1.24. The summed E-state index contributed by atoms with van der Waals surface area (Å²) in [4.78, 5) is 0. The van der Waals surface area contributed by atoms with Crippen LogP contribution in [-0.4, -0.2) is 6.04 Å². The summed E-state index contributed by atoms with van der Waals surface area (Å²) in [5, 5.41) is 0. The SMILES string of the molecule is CC(C)N.[Ag].